The number of benzene rings is 2. The number of fused-ring (bicyclic) bond motifs is 1. The van der Waals surface area contributed by atoms with Gasteiger partial charge in [-0.05, 0) is 74.4 Å². The molecule has 0 saturated heterocycles. The fourth-order valence-corrected chi connectivity index (χ4v) is 4.27. The summed E-state index contributed by atoms with van der Waals surface area (Å²) < 4.78 is 51.8. The van der Waals surface area contributed by atoms with Crippen LogP contribution in [-0.2, 0) is 19.0 Å². The van der Waals surface area contributed by atoms with E-state index in [1.807, 2.05) is 12.3 Å². The molecule has 2 N–H and O–H groups in total. The van der Waals surface area contributed by atoms with Gasteiger partial charge in [0.2, 0.25) is 0 Å². The minimum absolute atomic E-state index is 0.145. The van der Waals surface area contributed by atoms with Crippen molar-refractivity contribution in [3.8, 4) is 0 Å². The molecule has 0 amide bonds. The fraction of sp³-hybridized carbons (Fsp3) is 0.360. The molecule has 1 aliphatic rings. The summed E-state index contributed by atoms with van der Waals surface area (Å²) in [6, 6.07) is 11.6. The van der Waals surface area contributed by atoms with Crippen molar-refractivity contribution in [1.82, 2.24) is 4.98 Å². The minimum Gasteiger partial charge on any atom is -0.359 e. The first-order valence-corrected chi connectivity index (χ1v) is 10.5. The number of hydrogen-bond donors (Lipinski definition) is 2. The second-order valence-corrected chi connectivity index (χ2v) is 8.80. The number of allylic oxidation sites excluding steroid dienone is 1. The highest BCUT2D eigenvalue weighted by atomic mass is 19.4. The zero-order valence-electron chi connectivity index (χ0n) is 17.5. The molecule has 0 bridgehead atoms. The van der Waals surface area contributed by atoms with Gasteiger partial charge >= 0.3 is 6.18 Å². The van der Waals surface area contributed by atoms with Crippen LogP contribution in [0.25, 0.3) is 10.9 Å². The molecule has 6 heteroatoms. The molecular formula is C25H26F4N2. The Labute approximate surface area is 179 Å². The number of rotatable bonds is 7. The van der Waals surface area contributed by atoms with E-state index in [9.17, 15) is 17.6 Å². The monoisotopic (exact) mass is 430 g/mol. The number of alkyl halides is 4. The van der Waals surface area contributed by atoms with E-state index < -0.39 is 17.4 Å². The van der Waals surface area contributed by atoms with Crippen molar-refractivity contribution in [1.29, 1.82) is 0 Å². The van der Waals surface area contributed by atoms with Crippen LogP contribution in [0, 0.1) is 5.92 Å². The van der Waals surface area contributed by atoms with Crippen LogP contribution < -0.4 is 5.32 Å². The summed E-state index contributed by atoms with van der Waals surface area (Å²) in [4.78, 5) is 3.24. The average Bonchev–Trinajstić information content (AvgIpc) is 3.08. The van der Waals surface area contributed by atoms with Crippen molar-refractivity contribution < 1.29 is 17.6 Å². The summed E-state index contributed by atoms with van der Waals surface area (Å²) in [7, 11) is 0. The molecule has 1 fully saturated rings. The summed E-state index contributed by atoms with van der Waals surface area (Å²) in [5.74, 6) is 0.145. The standard InChI is InChI=1S/C25H26F4N2/c1-16(19-13-24(2,26)14-19)31-23-15-30-22-11-8-18(12-21(22)23)5-3-4-17-6-9-20(10-7-17)25(27,28)29/h6-12,15,19,30-31H,1,3-5,13-14H2,2H3. The lowest BCUT2D eigenvalue weighted by Crippen LogP contribution is -2.38. The number of nitrogens with one attached hydrogen (secondary N) is 2. The fourth-order valence-electron chi connectivity index (χ4n) is 4.27. The number of aromatic amines is 1. The van der Waals surface area contributed by atoms with Gasteiger partial charge in [0.15, 0.2) is 0 Å². The number of hydrogen-bond acceptors (Lipinski definition) is 1. The first-order chi connectivity index (χ1) is 14.6. The predicted octanol–water partition coefficient (Wildman–Crippen LogP) is 7.43. The molecule has 0 spiro atoms. The normalized spacial score (nSPS) is 21.1. The van der Waals surface area contributed by atoms with Crippen molar-refractivity contribution in [2.75, 3.05) is 5.32 Å². The molecule has 2 nitrogen and oxygen atoms in total. The second kappa shape index (κ2) is 8.06. The van der Waals surface area contributed by atoms with Crippen LogP contribution >= 0.6 is 0 Å². The molecular weight excluding hydrogens is 404 g/mol. The topological polar surface area (TPSA) is 27.8 Å². The third-order valence-electron chi connectivity index (χ3n) is 6.09. The minimum atomic E-state index is -4.30. The van der Waals surface area contributed by atoms with Crippen LogP contribution in [0.4, 0.5) is 23.2 Å². The number of aromatic nitrogens is 1. The molecule has 0 unspecified atom stereocenters. The van der Waals surface area contributed by atoms with Crippen molar-refractivity contribution >= 4 is 16.6 Å². The van der Waals surface area contributed by atoms with Crippen LogP contribution in [-0.4, -0.2) is 10.7 Å². The van der Waals surface area contributed by atoms with Gasteiger partial charge in [0, 0.05) is 28.7 Å². The Morgan fingerprint density at radius 1 is 1.10 bits per heavy atom. The largest absolute Gasteiger partial charge is 0.416 e. The SMILES string of the molecule is C=C(Nc1c[nH]c2ccc(CCCc3ccc(C(F)(F)F)cc3)cc12)C1CC(C)(F)C1. The predicted molar refractivity (Wildman–Crippen MR) is 117 cm³/mol. The third-order valence-corrected chi connectivity index (χ3v) is 6.09. The van der Waals surface area contributed by atoms with Crippen molar-refractivity contribution in [3.05, 3.63) is 77.6 Å². The Morgan fingerprint density at radius 3 is 2.39 bits per heavy atom. The van der Waals surface area contributed by atoms with Gasteiger partial charge in [-0.3, -0.25) is 0 Å². The number of anilines is 1. The highest BCUT2D eigenvalue weighted by molar-refractivity contribution is 5.93. The van der Waals surface area contributed by atoms with Crippen LogP contribution in [0.5, 0.6) is 0 Å². The van der Waals surface area contributed by atoms with Gasteiger partial charge in [-0.2, -0.15) is 13.2 Å². The molecule has 164 valence electrons. The Bertz CT molecular complexity index is 1070. The molecule has 0 atom stereocenters. The van der Waals surface area contributed by atoms with Crippen molar-refractivity contribution in [3.63, 3.8) is 0 Å². The van der Waals surface area contributed by atoms with Crippen LogP contribution in [0.15, 0.2) is 60.9 Å². The zero-order valence-corrected chi connectivity index (χ0v) is 17.5. The number of halogens is 4. The van der Waals surface area contributed by atoms with Gasteiger partial charge < -0.3 is 10.3 Å². The molecule has 4 rings (SSSR count). The first-order valence-electron chi connectivity index (χ1n) is 10.5. The molecule has 1 aliphatic carbocycles. The lowest BCUT2D eigenvalue weighted by molar-refractivity contribution is -0.137. The second-order valence-electron chi connectivity index (χ2n) is 8.80. The van der Waals surface area contributed by atoms with E-state index >= 15 is 0 Å². The number of aryl methyl sites for hydroxylation is 2. The molecule has 0 radical (unpaired) electrons. The van der Waals surface area contributed by atoms with E-state index in [2.05, 4.69) is 29.0 Å². The Morgan fingerprint density at radius 2 is 1.74 bits per heavy atom. The lowest BCUT2D eigenvalue weighted by atomic mass is 9.72. The summed E-state index contributed by atoms with van der Waals surface area (Å²) in [5, 5.41) is 4.40. The third kappa shape index (κ3) is 4.94. The Hall–Kier alpha value is -2.76. The van der Waals surface area contributed by atoms with Gasteiger partial charge in [0.05, 0.1) is 11.3 Å². The average molecular weight is 430 g/mol. The molecule has 31 heavy (non-hydrogen) atoms. The van der Waals surface area contributed by atoms with Gasteiger partial charge in [-0.15, -0.1) is 0 Å². The van der Waals surface area contributed by atoms with E-state index in [4.69, 9.17) is 0 Å². The summed E-state index contributed by atoms with van der Waals surface area (Å²) >= 11 is 0. The van der Waals surface area contributed by atoms with Crippen LogP contribution in [0.3, 0.4) is 0 Å². The smallest absolute Gasteiger partial charge is 0.359 e. The van der Waals surface area contributed by atoms with Gasteiger partial charge in [-0.25, -0.2) is 4.39 Å². The summed E-state index contributed by atoms with van der Waals surface area (Å²) in [6.07, 6.45) is 0.974. The highest BCUT2D eigenvalue weighted by Crippen LogP contribution is 2.44. The molecule has 0 aliphatic heterocycles. The van der Waals surface area contributed by atoms with Gasteiger partial charge in [0.1, 0.15) is 5.67 Å². The maximum absolute atomic E-state index is 13.8. The van der Waals surface area contributed by atoms with Crippen molar-refractivity contribution in [2.24, 2.45) is 5.92 Å². The lowest BCUT2D eigenvalue weighted by Gasteiger charge is -2.39. The summed E-state index contributed by atoms with van der Waals surface area (Å²) in [5.41, 5.74) is 3.12. The Kier molecular flexibility index (Phi) is 5.58. The van der Waals surface area contributed by atoms with E-state index in [-0.39, 0.29) is 5.92 Å². The molecule has 1 aromatic heterocycles. The van der Waals surface area contributed by atoms with E-state index in [0.29, 0.717) is 12.8 Å². The van der Waals surface area contributed by atoms with Crippen LogP contribution in [0.1, 0.15) is 42.9 Å². The molecule has 1 heterocycles. The maximum atomic E-state index is 13.8. The van der Waals surface area contributed by atoms with Gasteiger partial charge in [-0.1, -0.05) is 24.8 Å². The number of H-pyrrole nitrogens is 1. The zero-order chi connectivity index (χ0) is 22.2. The molecule has 1 saturated carbocycles. The van der Waals surface area contributed by atoms with Crippen molar-refractivity contribution in [2.45, 2.75) is 50.9 Å². The first kappa shape index (κ1) is 21.5. The molecule has 3 aromatic rings. The van der Waals surface area contributed by atoms with E-state index in [1.54, 1.807) is 19.1 Å². The molecule has 2 aromatic carbocycles. The van der Waals surface area contributed by atoms with E-state index in [1.165, 1.54) is 0 Å². The van der Waals surface area contributed by atoms with Gasteiger partial charge in [0.25, 0.3) is 0 Å². The summed E-state index contributed by atoms with van der Waals surface area (Å²) in [6.45, 7) is 5.71. The van der Waals surface area contributed by atoms with E-state index in [0.717, 1.165) is 64.8 Å². The van der Waals surface area contributed by atoms with Crippen LogP contribution in [0.2, 0.25) is 0 Å². The maximum Gasteiger partial charge on any atom is 0.416 e. The quantitative estimate of drug-likeness (QED) is 0.375. The highest BCUT2D eigenvalue weighted by Gasteiger charge is 2.41. The Balaban J connectivity index is 1.36.